The number of nitrogens with one attached hydrogen (secondary N) is 3. The zero-order chi connectivity index (χ0) is 17.5. The van der Waals surface area contributed by atoms with Crippen molar-refractivity contribution in [2.45, 2.75) is 20.3 Å². The van der Waals surface area contributed by atoms with Gasteiger partial charge in [-0.2, -0.15) is 0 Å². The Bertz CT molecular complexity index is 714. The van der Waals surface area contributed by atoms with Crippen LogP contribution in [-0.4, -0.2) is 11.9 Å². The summed E-state index contributed by atoms with van der Waals surface area (Å²) in [5.74, 6) is 0.283. The third-order valence-electron chi connectivity index (χ3n) is 3.10. The molecule has 0 aliphatic heterocycles. The molecule has 0 heterocycles. The number of anilines is 3. The van der Waals surface area contributed by atoms with E-state index in [2.05, 4.69) is 16.0 Å². The van der Waals surface area contributed by atoms with Crippen LogP contribution in [0.2, 0.25) is 5.02 Å². The van der Waals surface area contributed by atoms with E-state index >= 15 is 0 Å². The minimum Gasteiger partial charge on any atom is -0.326 e. The predicted octanol–water partition coefficient (Wildman–Crippen LogP) is 4.97. The Labute approximate surface area is 146 Å². The highest BCUT2D eigenvalue weighted by Crippen LogP contribution is 2.17. The molecule has 5 nitrogen and oxygen atoms in total. The van der Waals surface area contributed by atoms with Gasteiger partial charge < -0.3 is 16.0 Å². The molecule has 126 valence electrons. The molecular weight excluding hydrogens is 326 g/mol. The summed E-state index contributed by atoms with van der Waals surface area (Å²) in [6.07, 6.45) is 0.474. The fraction of sp³-hybridized carbons (Fsp3) is 0.222. The quantitative estimate of drug-likeness (QED) is 0.716. The molecule has 24 heavy (non-hydrogen) atoms. The Morgan fingerprint density at radius 2 is 1.50 bits per heavy atom. The van der Waals surface area contributed by atoms with E-state index in [1.54, 1.807) is 48.5 Å². The van der Waals surface area contributed by atoms with Crippen LogP contribution in [0.15, 0.2) is 48.5 Å². The fourth-order valence-corrected chi connectivity index (χ4v) is 2.27. The van der Waals surface area contributed by atoms with E-state index in [0.717, 1.165) is 0 Å². The van der Waals surface area contributed by atoms with E-state index in [1.165, 1.54) is 0 Å². The molecule has 0 bridgehead atoms. The maximum absolute atomic E-state index is 11.9. The van der Waals surface area contributed by atoms with Gasteiger partial charge in [0, 0.05) is 28.5 Å². The van der Waals surface area contributed by atoms with E-state index in [9.17, 15) is 9.59 Å². The van der Waals surface area contributed by atoms with Crippen molar-refractivity contribution in [3.8, 4) is 0 Å². The second-order valence-electron chi connectivity index (χ2n) is 5.81. The third-order valence-corrected chi connectivity index (χ3v) is 3.34. The summed E-state index contributed by atoms with van der Waals surface area (Å²) in [5.41, 5.74) is 1.93. The maximum Gasteiger partial charge on any atom is 0.323 e. The molecule has 0 fully saturated rings. The number of rotatable bonds is 5. The van der Waals surface area contributed by atoms with Crippen LogP contribution >= 0.6 is 11.6 Å². The van der Waals surface area contributed by atoms with E-state index < -0.39 is 0 Å². The van der Waals surface area contributed by atoms with Crippen LogP contribution in [0.5, 0.6) is 0 Å². The van der Waals surface area contributed by atoms with Crippen LogP contribution < -0.4 is 16.0 Å². The van der Waals surface area contributed by atoms with E-state index in [-0.39, 0.29) is 11.9 Å². The van der Waals surface area contributed by atoms with Crippen LogP contribution in [0, 0.1) is 5.92 Å². The van der Waals surface area contributed by atoms with E-state index in [1.807, 2.05) is 13.8 Å². The molecule has 3 N–H and O–H groups in total. The molecule has 0 aromatic heterocycles. The number of urea groups is 1. The highest BCUT2D eigenvalue weighted by molar-refractivity contribution is 6.30. The number of carbonyl (C=O) groups excluding carboxylic acids is 2. The first-order valence-electron chi connectivity index (χ1n) is 7.66. The Morgan fingerprint density at radius 3 is 2.08 bits per heavy atom. The normalized spacial score (nSPS) is 10.3. The molecule has 2 aromatic rings. The van der Waals surface area contributed by atoms with Gasteiger partial charge in [-0.1, -0.05) is 31.5 Å². The van der Waals surface area contributed by atoms with Crippen LogP contribution in [0.1, 0.15) is 20.3 Å². The number of hydrogen-bond donors (Lipinski definition) is 3. The van der Waals surface area contributed by atoms with Crippen molar-refractivity contribution in [1.29, 1.82) is 0 Å². The lowest BCUT2D eigenvalue weighted by Gasteiger charge is -2.10. The summed E-state index contributed by atoms with van der Waals surface area (Å²) >= 11 is 5.87. The predicted molar refractivity (Wildman–Crippen MR) is 98.6 cm³/mol. The van der Waals surface area contributed by atoms with Crippen molar-refractivity contribution < 1.29 is 9.59 Å². The Hall–Kier alpha value is -2.53. The average molecular weight is 346 g/mol. The van der Waals surface area contributed by atoms with Gasteiger partial charge in [0.1, 0.15) is 0 Å². The van der Waals surface area contributed by atoms with Crippen molar-refractivity contribution >= 4 is 40.6 Å². The SMILES string of the molecule is CC(C)CC(=O)Nc1ccc(NC(=O)Nc2cccc(Cl)c2)cc1. The van der Waals surface area contributed by atoms with E-state index in [0.29, 0.717) is 34.4 Å². The van der Waals surface area contributed by atoms with Crippen molar-refractivity contribution in [2.75, 3.05) is 16.0 Å². The first-order chi connectivity index (χ1) is 11.4. The molecule has 0 saturated heterocycles. The molecule has 0 spiro atoms. The standard InChI is InChI=1S/C18H20ClN3O2/c1-12(2)10-17(23)20-14-6-8-15(9-7-14)21-18(24)22-16-5-3-4-13(19)11-16/h3-9,11-12H,10H2,1-2H3,(H,20,23)(H2,21,22,24). The minimum atomic E-state index is -0.367. The first-order valence-corrected chi connectivity index (χ1v) is 8.03. The van der Waals surface area contributed by atoms with Gasteiger partial charge >= 0.3 is 6.03 Å². The van der Waals surface area contributed by atoms with Crippen LogP contribution in [0.25, 0.3) is 0 Å². The zero-order valence-electron chi connectivity index (χ0n) is 13.6. The van der Waals surface area contributed by atoms with Crippen LogP contribution in [-0.2, 0) is 4.79 Å². The molecule has 6 heteroatoms. The zero-order valence-corrected chi connectivity index (χ0v) is 14.4. The van der Waals surface area contributed by atoms with Crippen molar-refractivity contribution in [1.82, 2.24) is 0 Å². The molecular formula is C18H20ClN3O2. The number of halogens is 1. The van der Waals surface area contributed by atoms with Gasteiger partial charge in [0.25, 0.3) is 0 Å². The second kappa shape index (κ2) is 8.36. The van der Waals surface area contributed by atoms with Crippen LogP contribution in [0.4, 0.5) is 21.9 Å². The molecule has 2 rings (SSSR count). The Kier molecular flexibility index (Phi) is 6.21. The molecule has 0 aliphatic rings. The second-order valence-corrected chi connectivity index (χ2v) is 6.25. The molecule has 0 atom stereocenters. The summed E-state index contributed by atoms with van der Waals surface area (Å²) in [6.45, 7) is 3.98. The van der Waals surface area contributed by atoms with Gasteiger partial charge in [-0.3, -0.25) is 4.79 Å². The van der Waals surface area contributed by atoms with Crippen molar-refractivity contribution in [2.24, 2.45) is 5.92 Å². The van der Waals surface area contributed by atoms with Gasteiger partial charge in [0.2, 0.25) is 5.91 Å². The molecule has 0 radical (unpaired) electrons. The van der Waals surface area contributed by atoms with Gasteiger partial charge in [0.15, 0.2) is 0 Å². The highest BCUT2D eigenvalue weighted by Gasteiger charge is 2.06. The summed E-state index contributed by atoms with van der Waals surface area (Å²) in [5, 5.41) is 8.78. The lowest BCUT2D eigenvalue weighted by Crippen LogP contribution is -2.19. The monoisotopic (exact) mass is 345 g/mol. The molecule has 0 unspecified atom stereocenters. The van der Waals surface area contributed by atoms with Gasteiger partial charge in [-0.05, 0) is 48.4 Å². The number of hydrogen-bond acceptors (Lipinski definition) is 2. The smallest absolute Gasteiger partial charge is 0.323 e. The van der Waals surface area contributed by atoms with Gasteiger partial charge in [-0.25, -0.2) is 4.79 Å². The van der Waals surface area contributed by atoms with Gasteiger partial charge in [0.05, 0.1) is 0 Å². The van der Waals surface area contributed by atoms with Crippen LogP contribution in [0.3, 0.4) is 0 Å². The van der Waals surface area contributed by atoms with Crippen molar-refractivity contribution in [3.63, 3.8) is 0 Å². The maximum atomic E-state index is 11.9. The summed E-state index contributed by atoms with van der Waals surface area (Å²) in [6, 6.07) is 13.5. The minimum absolute atomic E-state index is 0.0237. The number of amides is 3. The lowest BCUT2D eigenvalue weighted by molar-refractivity contribution is -0.116. The molecule has 0 saturated carbocycles. The summed E-state index contributed by atoms with van der Waals surface area (Å²) in [7, 11) is 0. The highest BCUT2D eigenvalue weighted by atomic mass is 35.5. The Morgan fingerprint density at radius 1 is 0.917 bits per heavy atom. The fourth-order valence-electron chi connectivity index (χ4n) is 2.08. The largest absolute Gasteiger partial charge is 0.326 e. The topological polar surface area (TPSA) is 70.2 Å². The van der Waals surface area contributed by atoms with E-state index in [4.69, 9.17) is 11.6 Å². The Balaban J connectivity index is 1.89. The van der Waals surface area contributed by atoms with Crippen molar-refractivity contribution in [3.05, 3.63) is 53.6 Å². The lowest BCUT2D eigenvalue weighted by atomic mass is 10.1. The molecule has 0 aliphatic carbocycles. The molecule has 3 amide bonds. The summed E-state index contributed by atoms with van der Waals surface area (Å²) in [4.78, 5) is 23.7. The third kappa shape index (κ3) is 5.93. The number of carbonyl (C=O) groups is 2. The summed E-state index contributed by atoms with van der Waals surface area (Å²) < 4.78 is 0. The molecule has 2 aromatic carbocycles. The number of benzene rings is 2. The van der Waals surface area contributed by atoms with Gasteiger partial charge in [-0.15, -0.1) is 0 Å². The first kappa shape index (κ1) is 17.8. The average Bonchev–Trinajstić information content (AvgIpc) is 2.48.